The van der Waals surface area contributed by atoms with E-state index in [0.29, 0.717) is 5.69 Å². The molecule has 0 radical (unpaired) electrons. The maximum atomic E-state index is 12.9. The molecule has 31 heavy (non-hydrogen) atoms. The summed E-state index contributed by atoms with van der Waals surface area (Å²) < 4.78 is 5.17. The second kappa shape index (κ2) is 9.99. The molecule has 0 spiro atoms. The molecule has 0 aliphatic carbocycles. The highest BCUT2D eigenvalue weighted by Crippen LogP contribution is 2.27. The number of carbonyl (C=O) groups is 1. The van der Waals surface area contributed by atoms with Crippen LogP contribution in [0.3, 0.4) is 0 Å². The average Bonchev–Trinajstić information content (AvgIpc) is 2.81. The number of anilines is 3. The fourth-order valence-electron chi connectivity index (χ4n) is 3.04. The van der Waals surface area contributed by atoms with E-state index in [9.17, 15) is 10.1 Å². The lowest BCUT2D eigenvalue weighted by Gasteiger charge is -2.22. The van der Waals surface area contributed by atoms with Crippen LogP contribution in [0.15, 0.2) is 90.6 Å². The molecule has 1 atom stereocenters. The van der Waals surface area contributed by atoms with Crippen LogP contribution < -0.4 is 20.7 Å². The zero-order chi connectivity index (χ0) is 22.2. The zero-order valence-corrected chi connectivity index (χ0v) is 17.4. The molecule has 156 valence electrons. The Balaban J connectivity index is 1.87. The molecule has 1 unspecified atom stereocenters. The van der Waals surface area contributed by atoms with Gasteiger partial charge in [-0.05, 0) is 61.0 Å². The Morgan fingerprint density at radius 1 is 1.03 bits per heavy atom. The number of hydrogen-bond acceptors (Lipinski definition) is 5. The standard InChI is InChI=1S/C25H24N4O2/c1-18(19-8-14-24(31-2)15-9-19)28-25(30)20(16-26)17-29(22-6-4-3-5-7-22)23-12-10-21(27)11-13-23/h3-15,17-18H,27H2,1-2H3,(H,28,30)/b20-17-. The maximum Gasteiger partial charge on any atom is 0.263 e. The average molecular weight is 412 g/mol. The summed E-state index contributed by atoms with van der Waals surface area (Å²) in [6.45, 7) is 1.86. The topological polar surface area (TPSA) is 91.4 Å². The summed E-state index contributed by atoms with van der Waals surface area (Å²) in [4.78, 5) is 14.6. The number of methoxy groups -OCH3 is 1. The van der Waals surface area contributed by atoms with Crippen molar-refractivity contribution in [2.45, 2.75) is 13.0 Å². The number of nitrogens with two attached hydrogens (primary N) is 1. The molecule has 1 amide bonds. The lowest BCUT2D eigenvalue weighted by molar-refractivity contribution is -0.117. The van der Waals surface area contributed by atoms with Gasteiger partial charge < -0.3 is 20.7 Å². The van der Waals surface area contributed by atoms with Gasteiger partial charge in [0.25, 0.3) is 5.91 Å². The van der Waals surface area contributed by atoms with Crippen molar-refractivity contribution in [1.82, 2.24) is 5.32 Å². The number of rotatable bonds is 7. The molecule has 0 fully saturated rings. The van der Waals surface area contributed by atoms with Gasteiger partial charge in [-0.3, -0.25) is 4.79 Å². The number of carbonyl (C=O) groups excluding carboxylic acids is 1. The largest absolute Gasteiger partial charge is 0.497 e. The van der Waals surface area contributed by atoms with Crippen LogP contribution in [0.2, 0.25) is 0 Å². The monoisotopic (exact) mass is 412 g/mol. The molecule has 0 heterocycles. The minimum absolute atomic E-state index is 0.0129. The zero-order valence-electron chi connectivity index (χ0n) is 17.4. The summed E-state index contributed by atoms with van der Waals surface area (Å²) in [5.74, 6) is 0.282. The van der Waals surface area contributed by atoms with Gasteiger partial charge in [-0.1, -0.05) is 30.3 Å². The molecule has 0 aliphatic heterocycles. The van der Waals surface area contributed by atoms with Crippen LogP contribution in [-0.2, 0) is 4.79 Å². The Kier molecular flexibility index (Phi) is 6.92. The van der Waals surface area contributed by atoms with Crippen LogP contribution >= 0.6 is 0 Å². The van der Waals surface area contributed by atoms with Crippen molar-refractivity contribution in [3.8, 4) is 11.8 Å². The van der Waals surface area contributed by atoms with Crippen LogP contribution in [0.25, 0.3) is 0 Å². The fraction of sp³-hybridized carbons (Fsp3) is 0.120. The molecule has 6 nitrogen and oxygen atoms in total. The van der Waals surface area contributed by atoms with E-state index in [1.165, 1.54) is 6.20 Å². The molecule has 0 aliphatic rings. The van der Waals surface area contributed by atoms with Gasteiger partial charge in [-0.15, -0.1) is 0 Å². The molecule has 3 aromatic rings. The van der Waals surface area contributed by atoms with Gasteiger partial charge in [-0.2, -0.15) is 5.26 Å². The number of amides is 1. The van der Waals surface area contributed by atoms with Gasteiger partial charge in [0, 0.05) is 23.3 Å². The van der Waals surface area contributed by atoms with Crippen molar-refractivity contribution in [1.29, 1.82) is 5.26 Å². The fourth-order valence-corrected chi connectivity index (χ4v) is 3.04. The third-order valence-corrected chi connectivity index (χ3v) is 4.79. The molecular formula is C25H24N4O2. The Labute approximate surface area is 182 Å². The van der Waals surface area contributed by atoms with Gasteiger partial charge in [0.2, 0.25) is 0 Å². The first kappa shape index (κ1) is 21.5. The predicted octanol–water partition coefficient (Wildman–Crippen LogP) is 4.70. The van der Waals surface area contributed by atoms with Crippen LogP contribution in [0.4, 0.5) is 17.1 Å². The van der Waals surface area contributed by atoms with Crippen molar-refractivity contribution in [2.24, 2.45) is 0 Å². The van der Waals surface area contributed by atoms with Gasteiger partial charge in [0.1, 0.15) is 17.4 Å². The van der Waals surface area contributed by atoms with E-state index in [1.54, 1.807) is 24.1 Å². The van der Waals surface area contributed by atoms with Crippen LogP contribution in [0.5, 0.6) is 5.75 Å². The molecular weight excluding hydrogens is 388 g/mol. The van der Waals surface area contributed by atoms with E-state index in [4.69, 9.17) is 10.5 Å². The second-order valence-corrected chi connectivity index (χ2v) is 6.92. The molecule has 0 bridgehead atoms. The number of nitrogen functional groups attached to an aromatic ring is 1. The van der Waals surface area contributed by atoms with Crippen molar-refractivity contribution in [2.75, 3.05) is 17.7 Å². The highest BCUT2D eigenvalue weighted by atomic mass is 16.5. The molecule has 0 aromatic heterocycles. The van der Waals surface area contributed by atoms with Crippen molar-refractivity contribution < 1.29 is 9.53 Å². The second-order valence-electron chi connectivity index (χ2n) is 6.92. The summed E-state index contributed by atoms with van der Waals surface area (Å²) in [5.41, 5.74) is 8.93. The number of nitriles is 1. The molecule has 0 saturated heterocycles. The minimum Gasteiger partial charge on any atom is -0.497 e. The molecule has 3 rings (SSSR count). The van der Waals surface area contributed by atoms with E-state index >= 15 is 0 Å². The number of benzene rings is 3. The summed E-state index contributed by atoms with van der Waals surface area (Å²) in [6, 6.07) is 25.9. The smallest absolute Gasteiger partial charge is 0.263 e. The van der Waals surface area contributed by atoms with Gasteiger partial charge in [-0.25, -0.2) is 0 Å². The maximum absolute atomic E-state index is 12.9. The van der Waals surface area contributed by atoms with Crippen molar-refractivity contribution in [3.05, 3.63) is 96.2 Å². The Bertz CT molecular complexity index is 1090. The molecule has 0 saturated carbocycles. The predicted molar refractivity (Wildman–Crippen MR) is 123 cm³/mol. The van der Waals surface area contributed by atoms with Gasteiger partial charge in [0.15, 0.2) is 0 Å². The number of nitrogens with one attached hydrogen (secondary N) is 1. The first-order valence-electron chi connectivity index (χ1n) is 9.78. The van der Waals surface area contributed by atoms with E-state index < -0.39 is 5.91 Å². The van der Waals surface area contributed by atoms with E-state index in [1.807, 2.05) is 79.7 Å². The summed E-state index contributed by atoms with van der Waals surface area (Å²) in [5, 5.41) is 12.6. The normalized spacial score (nSPS) is 11.8. The summed E-state index contributed by atoms with van der Waals surface area (Å²) >= 11 is 0. The lowest BCUT2D eigenvalue weighted by atomic mass is 10.1. The van der Waals surface area contributed by atoms with Crippen LogP contribution in [0.1, 0.15) is 18.5 Å². The van der Waals surface area contributed by atoms with Crippen LogP contribution in [0, 0.1) is 11.3 Å². The van der Waals surface area contributed by atoms with Crippen LogP contribution in [-0.4, -0.2) is 13.0 Å². The first-order valence-corrected chi connectivity index (χ1v) is 9.78. The van der Waals surface area contributed by atoms with Gasteiger partial charge >= 0.3 is 0 Å². The number of hydrogen-bond donors (Lipinski definition) is 2. The minimum atomic E-state index is -0.456. The summed E-state index contributed by atoms with van der Waals surface area (Å²) in [7, 11) is 1.60. The highest BCUT2D eigenvalue weighted by molar-refractivity contribution is 5.98. The van der Waals surface area contributed by atoms with Crippen molar-refractivity contribution >= 4 is 23.0 Å². The van der Waals surface area contributed by atoms with E-state index in [0.717, 1.165) is 22.7 Å². The van der Waals surface area contributed by atoms with E-state index in [-0.39, 0.29) is 11.6 Å². The SMILES string of the molecule is COc1ccc(C(C)NC(=O)/C(C#N)=C\N(c2ccccc2)c2ccc(N)cc2)cc1. The Morgan fingerprint density at radius 3 is 2.23 bits per heavy atom. The number of nitrogens with zero attached hydrogens (tertiary/aromatic N) is 2. The Hall–Kier alpha value is -4.24. The quantitative estimate of drug-likeness (QED) is 0.333. The number of ether oxygens (including phenoxy) is 1. The third kappa shape index (κ3) is 5.43. The lowest BCUT2D eigenvalue weighted by Crippen LogP contribution is -2.28. The molecule has 3 aromatic carbocycles. The van der Waals surface area contributed by atoms with Crippen molar-refractivity contribution in [3.63, 3.8) is 0 Å². The third-order valence-electron chi connectivity index (χ3n) is 4.79. The number of para-hydroxylation sites is 1. The molecule has 3 N–H and O–H groups in total. The first-order chi connectivity index (χ1) is 15.0. The molecule has 6 heteroatoms. The Morgan fingerprint density at radius 2 is 1.65 bits per heavy atom. The summed E-state index contributed by atoms with van der Waals surface area (Å²) in [6.07, 6.45) is 1.54. The highest BCUT2D eigenvalue weighted by Gasteiger charge is 2.17. The van der Waals surface area contributed by atoms with Gasteiger partial charge in [0.05, 0.1) is 13.2 Å². The van der Waals surface area contributed by atoms with E-state index in [2.05, 4.69) is 5.32 Å².